The van der Waals surface area contributed by atoms with Gasteiger partial charge in [0.2, 0.25) is 5.91 Å². The summed E-state index contributed by atoms with van der Waals surface area (Å²) < 4.78 is 0. The van der Waals surface area contributed by atoms with Crippen LogP contribution in [0.2, 0.25) is 0 Å². The minimum Gasteiger partial charge on any atom is -0.480 e. The van der Waals surface area contributed by atoms with Crippen molar-refractivity contribution in [3.8, 4) is 0 Å². The fourth-order valence-corrected chi connectivity index (χ4v) is 3.49. The molecule has 2 unspecified atom stereocenters. The van der Waals surface area contributed by atoms with E-state index in [4.69, 9.17) is 0 Å². The summed E-state index contributed by atoms with van der Waals surface area (Å²) in [5.74, 6) is -0.197. The van der Waals surface area contributed by atoms with E-state index in [1.54, 1.807) is 16.7 Å². The van der Waals surface area contributed by atoms with Gasteiger partial charge in [-0.2, -0.15) is 0 Å². The van der Waals surface area contributed by atoms with Crippen LogP contribution in [0.4, 0.5) is 0 Å². The monoisotopic (exact) mass is 274 g/mol. The first-order valence-corrected chi connectivity index (χ1v) is 7.19. The topological polar surface area (TPSA) is 60.9 Å². The lowest BCUT2D eigenvalue weighted by molar-refractivity contribution is -0.149. The van der Waals surface area contributed by atoms with Crippen molar-refractivity contribution >= 4 is 23.6 Å². The first-order valence-electron chi connectivity index (χ1n) is 6.15. The van der Waals surface area contributed by atoms with Crippen LogP contribution in [0.15, 0.2) is 0 Å². The summed E-state index contributed by atoms with van der Waals surface area (Å²) in [6.07, 6.45) is 0.376. The fraction of sp³-hybridized carbons (Fsp3) is 0.833. The second-order valence-corrected chi connectivity index (χ2v) is 6.33. The molecule has 104 valence electrons. The lowest BCUT2D eigenvalue weighted by Gasteiger charge is -2.30. The average molecular weight is 274 g/mol. The van der Waals surface area contributed by atoms with Crippen LogP contribution in [-0.2, 0) is 9.59 Å². The highest BCUT2D eigenvalue weighted by molar-refractivity contribution is 8.00. The van der Waals surface area contributed by atoms with Crippen LogP contribution in [0.3, 0.4) is 0 Å². The molecule has 0 spiro atoms. The Balaban J connectivity index is 2.76. The first kappa shape index (κ1) is 15.3. The molecule has 1 aliphatic heterocycles. The Morgan fingerprint density at radius 3 is 2.50 bits per heavy atom. The van der Waals surface area contributed by atoms with Gasteiger partial charge in [0.1, 0.15) is 6.04 Å². The van der Waals surface area contributed by atoms with Crippen LogP contribution >= 0.6 is 11.8 Å². The van der Waals surface area contributed by atoms with E-state index in [1.807, 2.05) is 32.8 Å². The van der Waals surface area contributed by atoms with Crippen LogP contribution in [0.25, 0.3) is 0 Å². The molecule has 1 heterocycles. The Labute approximate surface area is 113 Å². The number of aliphatic carboxylic acids is 1. The molecule has 2 atom stereocenters. The zero-order valence-corrected chi connectivity index (χ0v) is 12.2. The number of hydrogen-bond donors (Lipinski definition) is 1. The van der Waals surface area contributed by atoms with E-state index in [0.717, 1.165) is 0 Å². The van der Waals surface area contributed by atoms with Gasteiger partial charge < -0.3 is 14.9 Å². The first-order chi connectivity index (χ1) is 8.34. The highest BCUT2D eigenvalue weighted by Gasteiger charge is 2.42. The van der Waals surface area contributed by atoms with Crippen molar-refractivity contribution in [1.29, 1.82) is 0 Å². The van der Waals surface area contributed by atoms with Gasteiger partial charge in [-0.1, -0.05) is 13.8 Å². The molecule has 1 fully saturated rings. The standard InChI is InChI=1S/C12H22N2O3S/c1-8(2)11-14(9(7-18-11)12(16)17)10(15)5-6-13(3)4/h8-9,11H,5-7H2,1-4H3,(H,16,17). The van der Waals surface area contributed by atoms with Gasteiger partial charge in [-0.05, 0) is 20.0 Å². The molecule has 0 saturated carbocycles. The number of carboxylic acid groups (broad SMARTS) is 1. The van der Waals surface area contributed by atoms with Gasteiger partial charge in [-0.25, -0.2) is 4.79 Å². The summed E-state index contributed by atoms with van der Waals surface area (Å²) in [6.45, 7) is 4.69. The van der Waals surface area contributed by atoms with E-state index >= 15 is 0 Å². The molecule has 6 heteroatoms. The molecule has 0 aromatic heterocycles. The Hall–Kier alpha value is -0.750. The Morgan fingerprint density at radius 1 is 1.44 bits per heavy atom. The molecule has 1 amide bonds. The summed E-state index contributed by atoms with van der Waals surface area (Å²) >= 11 is 1.57. The molecule has 0 bridgehead atoms. The van der Waals surface area contributed by atoms with Crippen LogP contribution in [0.5, 0.6) is 0 Å². The number of rotatable bonds is 5. The van der Waals surface area contributed by atoms with Gasteiger partial charge in [0, 0.05) is 18.7 Å². The van der Waals surface area contributed by atoms with Crippen LogP contribution in [0, 0.1) is 5.92 Å². The highest BCUT2D eigenvalue weighted by Crippen LogP contribution is 2.34. The predicted octanol–water partition coefficient (Wildman–Crippen LogP) is 0.949. The van der Waals surface area contributed by atoms with E-state index in [9.17, 15) is 14.7 Å². The van der Waals surface area contributed by atoms with Crippen molar-refractivity contribution in [3.05, 3.63) is 0 Å². The summed E-state index contributed by atoms with van der Waals surface area (Å²) in [7, 11) is 3.81. The number of nitrogens with zero attached hydrogens (tertiary/aromatic N) is 2. The van der Waals surface area contributed by atoms with Crippen molar-refractivity contribution in [2.24, 2.45) is 5.92 Å². The van der Waals surface area contributed by atoms with Gasteiger partial charge in [0.05, 0.1) is 5.37 Å². The molecule has 1 saturated heterocycles. The van der Waals surface area contributed by atoms with Crippen LogP contribution in [0.1, 0.15) is 20.3 Å². The van der Waals surface area contributed by atoms with Gasteiger partial charge in [-0.15, -0.1) is 11.8 Å². The van der Waals surface area contributed by atoms with Gasteiger partial charge in [0.25, 0.3) is 0 Å². The molecule has 18 heavy (non-hydrogen) atoms. The van der Waals surface area contributed by atoms with Crippen molar-refractivity contribution in [2.75, 3.05) is 26.4 Å². The number of carbonyl (C=O) groups is 2. The summed E-state index contributed by atoms with van der Waals surface area (Å²) in [4.78, 5) is 26.9. The second-order valence-electron chi connectivity index (χ2n) is 5.18. The minimum absolute atomic E-state index is 0.0132. The summed E-state index contributed by atoms with van der Waals surface area (Å²) in [5.41, 5.74) is 0. The third kappa shape index (κ3) is 3.62. The lowest BCUT2D eigenvalue weighted by Crippen LogP contribution is -2.47. The average Bonchev–Trinajstić information content (AvgIpc) is 2.70. The number of carbonyl (C=O) groups excluding carboxylic acids is 1. The zero-order valence-electron chi connectivity index (χ0n) is 11.4. The van der Waals surface area contributed by atoms with Crippen molar-refractivity contribution in [3.63, 3.8) is 0 Å². The molecule has 0 aromatic rings. The van der Waals surface area contributed by atoms with Crippen molar-refractivity contribution < 1.29 is 14.7 Å². The molecule has 0 aliphatic carbocycles. The number of amides is 1. The second kappa shape index (κ2) is 6.43. The van der Waals surface area contributed by atoms with E-state index < -0.39 is 12.0 Å². The maximum atomic E-state index is 12.2. The Morgan fingerprint density at radius 2 is 2.06 bits per heavy atom. The maximum absolute atomic E-state index is 12.2. The minimum atomic E-state index is -0.899. The van der Waals surface area contributed by atoms with Crippen molar-refractivity contribution in [1.82, 2.24) is 9.80 Å². The molecule has 1 N–H and O–H groups in total. The van der Waals surface area contributed by atoms with Crippen LogP contribution < -0.4 is 0 Å². The fourth-order valence-electron chi connectivity index (χ4n) is 2.00. The smallest absolute Gasteiger partial charge is 0.327 e. The normalized spacial score (nSPS) is 24.0. The van der Waals surface area contributed by atoms with Gasteiger partial charge >= 0.3 is 5.97 Å². The molecular formula is C12H22N2O3S. The molecular weight excluding hydrogens is 252 g/mol. The molecule has 0 aromatic carbocycles. The third-order valence-corrected chi connectivity index (χ3v) is 4.57. The van der Waals surface area contributed by atoms with Gasteiger partial charge in [-0.3, -0.25) is 4.79 Å². The number of hydrogen-bond acceptors (Lipinski definition) is 4. The van der Waals surface area contributed by atoms with Gasteiger partial charge in [0.15, 0.2) is 0 Å². The van der Waals surface area contributed by atoms with E-state index in [0.29, 0.717) is 18.7 Å². The summed E-state index contributed by atoms with van der Waals surface area (Å²) in [6, 6.07) is -0.669. The van der Waals surface area contributed by atoms with Crippen molar-refractivity contribution in [2.45, 2.75) is 31.7 Å². The van der Waals surface area contributed by atoms with E-state index in [1.165, 1.54) is 0 Å². The third-order valence-electron chi connectivity index (χ3n) is 2.95. The van der Waals surface area contributed by atoms with E-state index in [2.05, 4.69) is 0 Å². The molecule has 0 radical (unpaired) electrons. The number of thioether (sulfide) groups is 1. The maximum Gasteiger partial charge on any atom is 0.327 e. The Bertz CT molecular complexity index is 320. The quantitative estimate of drug-likeness (QED) is 0.809. The highest BCUT2D eigenvalue weighted by atomic mass is 32.2. The predicted molar refractivity (Wildman–Crippen MR) is 72.5 cm³/mol. The molecule has 1 aliphatic rings. The molecule has 5 nitrogen and oxygen atoms in total. The number of carboxylic acids is 1. The zero-order chi connectivity index (χ0) is 13.9. The summed E-state index contributed by atoms with van der Waals surface area (Å²) in [5, 5.41) is 9.18. The lowest BCUT2D eigenvalue weighted by atomic mass is 10.1. The Kier molecular flexibility index (Phi) is 5.47. The van der Waals surface area contributed by atoms with E-state index in [-0.39, 0.29) is 17.2 Å². The SMILES string of the molecule is CC(C)C1SCC(C(=O)O)N1C(=O)CCN(C)C. The largest absolute Gasteiger partial charge is 0.480 e. The van der Waals surface area contributed by atoms with Crippen LogP contribution in [-0.4, -0.2) is 64.6 Å². The molecule has 1 rings (SSSR count).